The van der Waals surface area contributed by atoms with Gasteiger partial charge in [0.25, 0.3) is 5.91 Å². The van der Waals surface area contributed by atoms with Crippen LogP contribution in [0.2, 0.25) is 5.02 Å². The van der Waals surface area contributed by atoms with Gasteiger partial charge in [-0.2, -0.15) is 0 Å². The Labute approximate surface area is 121 Å². The molecule has 104 valence electrons. The van der Waals surface area contributed by atoms with E-state index in [0.29, 0.717) is 11.3 Å². The van der Waals surface area contributed by atoms with Gasteiger partial charge < -0.3 is 11.1 Å². The van der Waals surface area contributed by atoms with Gasteiger partial charge in [-0.15, -0.1) is 0 Å². The summed E-state index contributed by atoms with van der Waals surface area (Å²) in [4.78, 5) is 12.0. The summed E-state index contributed by atoms with van der Waals surface area (Å²) in [5.74, 6) is -0.714. The van der Waals surface area contributed by atoms with Crippen molar-refractivity contribution in [3.8, 4) is 0 Å². The summed E-state index contributed by atoms with van der Waals surface area (Å²) in [6.45, 7) is 2.14. The average molecular weight is 293 g/mol. The van der Waals surface area contributed by atoms with Crippen LogP contribution in [0.4, 0.5) is 10.1 Å². The monoisotopic (exact) mass is 292 g/mol. The van der Waals surface area contributed by atoms with E-state index in [1.165, 1.54) is 12.1 Å². The van der Waals surface area contributed by atoms with Gasteiger partial charge in [-0.05, 0) is 48.4 Å². The van der Waals surface area contributed by atoms with Crippen LogP contribution in [0.25, 0.3) is 0 Å². The second-order valence-corrected chi connectivity index (χ2v) is 4.97. The number of benzene rings is 2. The summed E-state index contributed by atoms with van der Waals surface area (Å²) in [5.41, 5.74) is 8.38. The SMILES string of the molecule is Cc1cc(N)cc(C(=O)NCc2ccc(F)c(Cl)c2)c1. The zero-order chi connectivity index (χ0) is 14.7. The predicted octanol–water partition coefficient (Wildman–Crippen LogP) is 3.30. The number of carbonyl (C=O) groups excluding carboxylic acids is 1. The quantitative estimate of drug-likeness (QED) is 0.853. The number of amides is 1. The van der Waals surface area contributed by atoms with Crippen molar-refractivity contribution in [3.05, 3.63) is 63.9 Å². The Hall–Kier alpha value is -2.07. The van der Waals surface area contributed by atoms with Crippen LogP contribution < -0.4 is 11.1 Å². The summed E-state index contributed by atoms with van der Waals surface area (Å²) in [6.07, 6.45) is 0. The van der Waals surface area contributed by atoms with Crippen molar-refractivity contribution in [1.29, 1.82) is 0 Å². The van der Waals surface area contributed by atoms with Gasteiger partial charge in [0.05, 0.1) is 5.02 Å². The average Bonchev–Trinajstić information content (AvgIpc) is 2.38. The Bertz CT molecular complexity index is 638. The second-order valence-electron chi connectivity index (χ2n) is 4.56. The first kappa shape index (κ1) is 14.3. The van der Waals surface area contributed by atoms with Gasteiger partial charge in [-0.3, -0.25) is 4.79 Å². The Balaban J connectivity index is 2.06. The highest BCUT2D eigenvalue weighted by molar-refractivity contribution is 6.30. The van der Waals surface area contributed by atoms with Crippen molar-refractivity contribution < 1.29 is 9.18 Å². The molecule has 0 aliphatic heterocycles. The normalized spacial score (nSPS) is 10.3. The van der Waals surface area contributed by atoms with Crippen LogP contribution in [0, 0.1) is 12.7 Å². The maximum Gasteiger partial charge on any atom is 0.251 e. The van der Waals surface area contributed by atoms with Crippen molar-refractivity contribution in [2.75, 3.05) is 5.73 Å². The van der Waals surface area contributed by atoms with Gasteiger partial charge in [0.1, 0.15) is 5.82 Å². The summed E-state index contributed by atoms with van der Waals surface area (Å²) in [5, 5.41) is 2.78. The van der Waals surface area contributed by atoms with Gasteiger partial charge in [-0.25, -0.2) is 4.39 Å². The first-order chi connectivity index (χ1) is 9.45. The molecule has 0 spiro atoms. The minimum Gasteiger partial charge on any atom is -0.399 e. The van der Waals surface area contributed by atoms with Gasteiger partial charge in [-0.1, -0.05) is 17.7 Å². The summed E-state index contributed by atoms with van der Waals surface area (Å²) in [6, 6.07) is 9.49. The third-order valence-electron chi connectivity index (χ3n) is 2.80. The van der Waals surface area contributed by atoms with Crippen molar-refractivity contribution in [1.82, 2.24) is 5.32 Å². The van der Waals surface area contributed by atoms with Crippen LogP contribution in [0.15, 0.2) is 36.4 Å². The molecule has 0 unspecified atom stereocenters. The van der Waals surface area contributed by atoms with Gasteiger partial charge >= 0.3 is 0 Å². The lowest BCUT2D eigenvalue weighted by Gasteiger charge is -2.07. The fraction of sp³-hybridized carbons (Fsp3) is 0.133. The largest absolute Gasteiger partial charge is 0.399 e. The van der Waals surface area contributed by atoms with Crippen molar-refractivity contribution in [3.63, 3.8) is 0 Å². The summed E-state index contributed by atoms with van der Waals surface area (Å²) < 4.78 is 13.0. The predicted molar refractivity (Wildman–Crippen MR) is 78.2 cm³/mol. The topological polar surface area (TPSA) is 55.1 Å². The summed E-state index contributed by atoms with van der Waals surface area (Å²) >= 11 is 5.68. The van der Waals surface area contributed by atoms with E-state index in [-0.39, 0.29) is 17.5 Å². The number of anilines is 1. The lowest BCUT2D eigenvalue weighted by molar-refractivity contribution is 0.0951. The molecule has 0 fully saturated rings. The molecule has 0 atom stereocenters. The highest BCUT2D eigenvalue weighted by Crippen LogP contribution is 2.16. The molecule has 2 aromatic carbocycles. The van der Waals surface area contributed by atoms with Crippen LogP contribution >= 0.6 is 11.6 Å². The third kappa shape index (κ3) is 3.48. The van der Waals surface area contributed by atoms with Gasteiger partial charge in [0.15, 0.2) is 0 Å². The molecule has 0 radical (unpaired) electrons. The number of nitrogen functional groups attached to an aromatic ring is 1. The number of nitrogens with two attached hydrogens (primary N) is 1. The Morgan fingerprint density at radius 2 is 2.05 bits per heavy atom. The number of carbonyl (C=O) groups is 1. The highest BCUT2D eigenvalue weighted by atomic mass is 35.5. The number of aryl methyl sites for hydroxylation is 1. The minimum absolute atomic E-state index is 0.0385. The fourth-order valence-electron chi connectivity index (χ4n) is 1.88. The molecule has 0 bridgehead atoms. The van der Waals surface area contributed by atoms with E-state index in [2.05, 4.69) is 5.32 Å². The number of hydrogen-bond acceptors (Lipinski definition) is 2. The maximum atomic E-state index is 13.0. The van der Waals surface area contributed by atoms with E-state index in [9.17, 15) is 9.18 Å². The zero-order valence-corrected chi connectivity index (χ0v) is 11.7. The zero-order valence-electron chi connectivity index (χ0n) is 10.9. The fourth-order valence-corrected chi connectivity index (χ4v) is 2.08. The maximum absolute atomic E-state index is 13.0. The van der Waals surface area contributed by atoms with Crippen molar-refractivity contribution in [2.24, 2.45) is 0 Å². The van der Waals surface area contributed by atoms with Gasteiger partial charge in [0.2, 0.25) is 0 Å². The molecule has 3 N–H and O–H groups in total. The minimum atomic E-state index is -0.479. The van der Waals surface area contributed by atoms with E-state index in [1.807, 2.05) is 6.92 Å². The Morgan fingerprint density at radius 1 is 1.30 bits per heavy atom. The molecule has 0 heterocycles. The van der Waals surface area contributed by atoms with Gasteiger partial charge in [0, 0.05) is 17.8 Å². The number of nitrogens with one attached hydrogen (secondary N) is 1. The lowest BCUT2D eigenvalue weighted by Crippen LogP contribution is -2.23. The molecule has 2 rings (SSSR count). The molecule has 0 saturated heterocycles. The van der Waals surface area contributed by atoms with Crippen molar-refractivity contribution in [2.45, 2.75) is 13.5 Å². The molecule has 0 aliphatic rings. The second kappa shape index (κ2) is 5.92. The van der Waals surface area contributed by atoms with Crippen LogP contribution in [0.5, 0.6) is 0 Å². The molecule has 0 aliphatic carbocycles. The molecule has 5 heteroatoms. The highest BCUT2D eigenvalue weighted by Gasteiger charge is 2.07. The molecule has 0 aromatic heterocycles. The Morgan fingerprint density at radius 3 is 2.70 bits per heavy atom. The molecular formula is C15H14ClFN2O. The lowest BCUT2D eigenvalue weighted by atomic mass is 10.1. The molecular weight excluding hydrogens is 279 g/mol. The standard InChI is InChI=1S/C15H14ClFN2O/c1-9-4-11(7-12(18)5-9)15(20)19-8-10-2-3-14(17)13(16)6-10/h2-7H,8,18H2,1H3,(H,19,20). The first-order valence-corrected chi connectivity index (χ1v) is 6.43. The van der Waals surface area contributed by atoms with Crippen molar-refractivity contribution >= 4 is 23.2 Å². The van der Waals surface area contributed by atoms with Crippen LogP contribution in [0.3, 0.4) is 0 Å². The smallest absolute Gasteiger partial charge is 0.251 e. The van der Waals surface area contributed by atoms with Crippen LogP contribution in [-0.2, 0) is 6.54 Å². The van der Waals surface area contributed by atoms with E-state index in [1.54, 1.807) is 24.3 Å². The molecule has 1 amide bonds. The molecule has 3 nitrogen and oxygen atoms in total. The van der Waals surface area contributed by atoms with E-state index in [0.717, 1.165) is 11.1 Å². The summed E-state index contributed by atoms with van der Waals surface area (Å²) in [7, 11) is 0. The number of hydrogen-bond donors (Lipinski definition) is 2. The van der Waals surface area contributed by atoms with E-state index in [4.69, 9.17) is 17.3 Å². The Kier molecular flexibility index (Phi) is 4.25. The third-order valence-corrected chi connectivity index (χ3v) is 3.09. The van der Waals surface area contributed by atoms with E-state index >= 15 is 0 Å². The molecule has 2 aromatic rings. The van der Waals surface area contributed by atoms with Crippen LogP contribution in [-0.4, -0.2) is 5.91 Å². The first-order valence-electron chi connectivity index (χ1n) is 6.05. The number of halogens is 2. The molecule has 20 heavy (non-hydrogen) atoms. The van der Waals surface area contributed by atoms with E-state index < -0.39 is 5.82 Å². The van der Waals surface area contributed by atoms with Crippen LogP contribution in [0.1, 0.15) is 21.5 Å². The molecule has 0 saturated carbocycles. The number of rotatable bonds is 3.